The number of nitrogens with zero attached hydrogens (tertiary/aromatic N) is 1. The van der Waals surface area contributed by atoms with Crippen molar-refractivity contribution in [2.75, 3.05) is 0 Å². The molecular weight excluding hydrogens is 278 g/mol. The Bertz CT molecular complexity index is 680. The van der Waals surface area contributed by atoms with Crippen LogP contribution in [0.4, 0.5) is 5.69 Å². The van der Waals surface area contributed by atoms with Gasteiger partial charge in [0.15, 0.2) is 0 Å². The molecule has 2 rings (SSSR count). The first-order valence-corrected chi connectivity index (χ1v) is 5.90. The van der Waals surface area contributed by atoms with Crippen molar-refractivity contribution in [2.45, 2.75) is 6.61 Å². The van der Waals surface area contributed by atoms with Crippen LogP contribution in [0.3, 0.4) is 0 Å². The SMILES string of the molecule is O=C(O)c1ccc(OCc2ccc([N+](=O)[O-])cc2)cc1O. The van der Waals surface area contributed by atoms with E-state index in [2.05, 4.69) is 0 Å². The lowest BCUT2D eigenvalue weighted by Crippen LogP contribution is -1.99. The van der Waals surface area contributed by atoms with Crippen LogP contribution in [0.25, 0.3) is 0 Å². The van der Waals surface area contributed by atoms with Crippen molar-refractivity contribution in [3.8, 4) is 11.5 Å². The maximum absolute atomic E-state index is 10.7. The van der Waals surface area contributed by atoms with Crippen LogP contribution in [-0.4, -0.2) is 21.1 Å². The molecule has 0 heterocycles. The molecule has 0 aliphatic heterocycles. The van der Waals surface area contributed by atoms with Gasteiger partial charge >= 0.3 is 5.97 Å². The van der Waals surface area contributed by atoms with Crippen LogP contribution < -0.4 is 4.74 Å². The molecule has 2 aromatic carbocycles. The molecule has 0 amide bonds. The summed E-state index contributed by atoms with van der Waals surface area (Å²) in [7, 11) is 0. The van der Waals surface area contributed by atoms with Crippen molar-refractivity contribution in [2.24, 2.45) is 0 Å². The number of nitro groups is 1. The van der Waals surface area contributed by atoms with Gasteiger partial charge in [0.25, 0.3) is 5.69 Å². The highest BCUT2D eigenvalue weighted by Crippen LogP contribution is 2.24. The topological polar surface area (TPSA) is 110 Å². The number of aromatic hydroxyl groups is 1. The van der Waals surface area contributed by atoms with Crippen LogP contribution in [0.2, 0.25) is 0 Å². The third kappa shape index (κ3) is 3.47. The lowest BCUT2D eigenvalue weighted by molar-refractivity contribution is -0.384. The van der Waals surface area contributed by atoms with Gasteiger partial charge in [0, 0.05) is 18.2 Å². The third-order valence-electron chi connectivity index (χ3n) is 2.75. The smallest absolute Gasteiger partial charge is 0.339 e. The maximum atomic E-state index is 10.7. The number of hydrogen-bond donors (Lipinski definition) is 2. The van der Waals surface area contributed by atoms with Gasteiger partial charge in [-0.2, -0.15) is 0 Å². The summed E-state index contributed by atoms with van der Waals surface area (Å²) in [5, 5.41) is 28.8. The Morgan fingerprint density at radius 1 is 1.19 bits per heavy atom. The molecule has 7 nitrogen and oxygen atoms in total. The molecule has 7 heteroatoms. The number of ether oxygens (including phenoxy) is 1. The summed E-state index contributed by atoms with van der Waals surface area (Å²) in [4.78, 5) is 20.8. The number of phenols is 1. The van der Waals surface area contributed by atoms with Crippen LogP contribution in [0.5, 0.6) is 11.5 Å². The number of carboxylic acids is 1. The van der Waals surface area contributed by atoms with E-state index in [4.69, 9.17) is 9.84 Å². The second-order valence-corrected chi connectivity index (χ2v) is 4.20. The van der Waals surface area contributed by atoms with Crippen molar-refractivity contribution in [3.63, 3.8) is 0 Å². The van der Waals surface area contributed by atoms with E-state index in [1.54, 1.807) is 12.1 Å². The molecule has 0 saturated heterocycles. The molecule has 0 spiro atoms. The molecule has 0 aromatic heterocycles. The number of hydrogen-bond acceptors (Lipinski definition) is 5. The van der Waals surface area contributed by atoms with Gasteiger partial charge in [-0.25, -0.2) is 4.79 Å². The van der Waals surface area contributed by atoms with Crippen LogP contribution in [0, 0.1) is 10.1 Å². The van der Waals surface area contributed by atoms with Crippen molar-refractivity contribution in [1.82, 2.24) is 0 Å². The van der Waals surface area contributed by atoms with Gasteiger partial charge in [-0.1, -0.05) is 0 Å². The summed E-state index contributed by atoms with van der Waals surface area (Å²) in [6, 6.07) is 9.72. The fourth-order valence-corrected chi connectivity index (χ4v) is 1.66. The molecule has 0 aliphatic carbocycles. The van der Waals surface area contributed by atoms with E-state index in [0.717, 1.165) is 0 Å². The molecule has 2 N–H and O–H groups in total. The van der Waals surface area contributed by atoms with Crippen LogP contribution in [0.15, 0.2) is 42.5 Å². The highest BCUT2D eigenvalue weighted by Gasteiger charge is 2.10. The number of rotatable bonds is 5. The van der Waals surface area contributed by atoms with Crippen LogP contribution >= 0.6 is 0 Å². The number of carbonyl (C=O) groups is 1. The fraction of sp³-hybridized carbons (Fsp3) is 0.0714. The second-order valence-electron chi connectivity index (χ2n) is 4.20. The highest BCUT2D eigenvalue weighted by atomic mass is 16.6. The van der Waals surface area contributed by atoms with Gasteiger partial charge in [0.05, 0.1) is 4.92 Å². The predicted molar refractivity (Wildman–Crippen MR) is 72.5 cm³/mol. The normalized spacial score (nSPS) is 10.1. The molecule has 0 radical (unpaired) electrons. The predicted octanol–water partition coefficient (Wildman–Crippen LogP) is 2.58. The van der Waals surface area contributed by atoms with Crippen molar-refractivity contribution >= 4 is 11.7 Å². The zero-order valence-electron chi connectivity index (χ0n) is 10.7. The van der Waals surface area contributed by atoms with Gasteiger partial charge in [0.1, 0.15) is 23.7 Å². The minimum atomic E-state index is -1.23. The average molecular weight is 289 g/mol. The average Bonchev–Trinajstić information content (AvgIpc) is 2.45. The molecule has 0 unspecified atom stereocenters. The summed E-state index contributed by atoms with van der Waals surface area (Å²) < 4.78 is 5.39. The largest absolute Gasteiger partial charge is 0.507 e. The molecule has 0 aliphatic rings. The van der Waals surface area contributed by atoms with Crippen LogP contribution in [0.1, 0.15) is 15.9 Å². The molecule has 0 atom stereocenters. The molecule has 0 saturated carbocycles. The Morgan fingerprint density at radius 3 is 2.38 bits per heavy atom. The number of aromatic carboxylic acids is 1. The van der Waals surface area contributed by atoms with Gasteiger partial charge < -0.3 is 14.9 Å². The standard InChI is InChI=1S/C14H11NO6/c16-13-7-11(5-6-12(13)14(17)18)21-8-9-1-3-10(4-2-9)15(19)20/h1-7,16H,8H2,(H,17,18). The first-order chi connectivity index (χ1) is 9.97. The van der Waals surface area contributed by atoms with E-state index in [1.807, 2.05) is 0 Å². The monoisotopic (exact) mass is 289 g/mol. The molecule has 2 aromatic rings. The van der Waals surface area contributed by atoms with Crippen molar-refractivity contribution in [1.29, 1.82) is 0 Å². The van der Waals surface area contributed by atoms with E-state index in [1.165, 1.54) is 30.3 Å². The highest BCUT2D eigenvalue weighted by molar-refractivity contribution is 5.90. The number of carboxylic acid groups (broad SMARTS) is 1. The molecule has 0 bridgehead atoms. The Labute approximate surface area is 119 Å². The Hall–Kier alpha value is -3.09. The minimum Gasteiger partial charge on any atom is -0.507 e. The molecular formula is C14H11NO6. The molecule has 21 heavy (non-hydrogen) atoms. The quantitative estimate of drug-likeness (QED) is 0.646. The first kappa shape index (κ1) is 14.3. The van der Waals surface area contributed by atoms with Crippen LogP contribution in [-0.2, 0) is 6.61 Å². The summed E-state index contributed by atoms with van der Waals surface area (Å²) in [5.74, 6) is -1.31. The number of nitro benzene ring substituents is 1. The molecule has 108 valence electrons. The van der Waals surface area contributed by atoms with Crippen molar-refractivity contribution < 1.29 is 24.7 Å². The first-order valence-electron chi connectivity index (χ1n) is 5.90. The third-order valence-corrected chi connectivity index (χ3v) is 2.75. The minimum absolute atomic E-state index is 0.0118. The van der Waals surface area contributed by atoms with E-state index in [0.29, 0.717) is 11.3 Å². The fourth-order valence-electron chi connectivity index (χ4n) is 1.66. The van der Waals surface area contributed by atoms with E-state index < -0.39 is 10.9 Å². The second kappa shape index (κ2) is 5.91. The van der Waals surface area contributed by atoms with Gasteiger partial charge in [-0.05, 0) is 29.8 Å². The van der Waals surface area contributed by atoms with E-state index in [9.17, 15) is 20.0 Å². The maximum Gasteiger partial charge on any atom is 0.339 e. The Kier molecular flexibility index (Phi) is 4.03. The lowest BCUT2D eigenvalue weighted by atomic mass is 10.2. The summed E-state index contributed by atoms with van der Waals surface area (Å²) in [6.45, 7) is 0.143. The number of non-ortho nitro benzene ring substituents is 1. The Morgan fingerprint density at radius 2 is 1.86 bits per heavy atom. The zero-order valence-corrected chi connectivity index (χ0v) is 10.7. The summed E-state index contributed by atoms with van der Waals surface area (Å²) in [5.41, 5.74) is 0.488. The summed E-state index contributed by atoms with van der Waals surface area (Å²) in [6.07, 6.45) is 0. The van der Waals surface area contributed by atoms with E-state index in [-0.39, 0.29) is 23.6 Å². The lowest BCUT2D eigenvalue weighted by Gasteiger charge is -2.07. The summed E-state index contributed by atoms with van der Waals surface area (Å²) >= 11 is 0. The van der Waals surface area contributed by atoms with E-state index >= 15 is 0 Å². The zero-order chi connectivity index (χ0) is 15.4. The van der Waals surface area contributed by atoms with Gasteiger partial charge in [-0.3, -0.25) is 10.1 Å². The van der Waals surface area contributed by atoms with Crippen molar-refractivity contribution in [3.05, 3.63) is 63.7 Å². The Balaban J connectivity index is 2.04. The molecule has 0 fully saturated rings. The number of benzene rings is 2. The van der Waals surface area contributed by atoms with Gasteiger partial charge in [0.2, 0.25) is 0 Å². The van der Waals surface area contributed by atoms with Gasteiger partial charge in [-0.15, -0.1) is 0 Å².